The molecule has 1 aromatic heterocycles. The van der Waals surface area contributed by atoms with Gasteiger partial charge < -0.3 is 0 Å². The van der Waals surface area contributed by atoms with Crippen molar-refractivity contribution in [2.75, 3.05) is 0 Å². The molecular weight excluding hydrogens is 457 g/mol. The molecule has 0 saturated carbocycles. The molecule has 0 unspecified atom stereocenters. The summed E-state index contributed by atoms with van der Waals surface area (Å²) >= 11 is -2.49. The molecule has 0 fully saturated rings. The minimum atomic E-state index is -2.49. The van der Waals surface area contributed by atoms with Gasteiger partial charge in [0, 0.05) is 0 Å². The second kappa shape index (κ2) is 10.7. The monoisotopic (exact) mass is 497 g/mol. The Hall–Kier alpha value is -1.22. The van der Waals surface area contributed by atoms with Gasteiger partial charge in [-0.3, -0.25) is 0 Å². The molecule has 0 radical (unpaired) electrons. The molecule has 29 heavy (non-hydrogen) atoms. The van der Waals surface area contributed by atoms with E-state index in [-0.39, 0.29) is 0 Å². The summed E-state index contributed by atoms with van der Waals surface area (Å²) in [7, 11) is 2.25. The van der Waals surface area contributed by atoms with Crippen LogP contribution in [0, 0.1) is 0 Å². The average molecular weight is 496 g/mol. The fourth-order valence-corrected chi connectivity index (χ4v) is 21.8. The molecule has 0 spiro atoms. The minimum absolute atomic E-state index is 1.33. The molecule has 3 aromatic rings. The third kappa shape index (κ3) is 4.93. The second-order valence-electron chi connectivity index (χ2n) is 8.78. The summed E-state index contributed by atoms with van der Waals surface area (Å²) in [6.07, 6.45) is 8.21. The number of hydrogen-bond acceptors (Lipinski definition) is 0. The van der Waals surface area contributed by atoms with Crippen LogP contribution in [0.15, 0.2) is 54.6 Å². The first-order valence-electron chi connectivity index (χ1n) is 11.8. The Balaban J connectivity index is 2.16. The summed E-state index contributed by atoms with van der Waals surface area (Å²) in [5.74, 6) is 0. The SMILES string of the molecule is CCC[CH2][Sn]([CH2]CCC)([CH2]CCC)[c]1ccccc1-c1cc2ccccc2n1C. The maximum absolute atomic E-state index is 2.53. The van der Waals surface area contributed by atoms with Gasteiger partial charge >= 0.3 is 183 Å². The quantitative estimate of drug-likeness (QED) is 0.238. The first kappa shape index (κ1) is 22.5. The first-order chi connectivity index (χ1) is 14.2. The fraction of sp³-hybridized carbons (Fsp3) is 0.481. The molecule has 0 bridgehead atoms. The van der Waals surface area contributed by atoms with Crippen molar-refractivity contribution in [2.24, 2.45) is 7.05 Å². The second-order valence-corrected chi connectivity index (χ2v) is 21.9. The van der Waals surface area contributed by atoms with Gasteiger partial charge in [0.25, 0.3) is 0 Å². The molecule has 1 heterocycles. The zero-order valence-electron chi connectivity index (χ0n) is 19.0. The Labute approximate surface area is 182 Å². The van der Waals surface area contributed by atoms with Crippen LogP contribution in [0.1, 0.15) is 59.3 Å². The van der Waals surface area contributed by atoms with Crippen LogP contribution < -0.4 is 3.58 Å². The van der Waals surface area contributed by atoms with Gasteiger partial charge in [0.05, 0.1) is 0 Å². The Morgan fingerprint density at radius 3 is 1.86 bits per heavy atom. The van der Waals surface area contributed by atoms with Gasteiger partial charge in [0.1, 0.15) is 0 Å². The molecule has 0 saturated heterocycles. The molecular formula is C27H39NSn. The van der Waals surface area contributed by atoms with E-state index < -0.39 is 18.4 Å². The number of aryl methyl sites for hydroxylation is 1. The summed E-state index contributed by atoms with van der Waals surface area (Å²) in [5.41, 5.74) is 4.28. The Morgan fingerprint density at radius 1 is 0.724 bits per heavy atom. The number of nitrogens with zero attached hydrogens (tertiary/aromatic N) is 1. The van der Waals surface area contributed by atoms with E-state index >= 15 is 0 Å². The Bertz CT molecular complexity index is 886. The average Bonchev–Trinajstić information content (AvgIpc) is 3.10. The van der Waals surface area contributed by atoms with Crippen LogP contribution >= 0.6 is 0 Å². The van der Waals surface area contributed by atoms with Crippen molar-refractivity contribution < 1.29 is 0 Å². The molecule has 0 amide bonds. The number of aromatic nitrogens is 1. The molecule has 2 heteroatoms. The van der Waals surface area contributed by atoms with Crippen molar-refractivity contribution in [3.63, 3.8) is 0 Å². The summed E-state index contributed by atoms with van der Waals surface area (Å²) < 4.78 is 8.78. The van der Waals surface area contributed by atoms with Crippen LogP contribution in [0.4, 0.5) is 0 Å². The third-order valence-electron chi connectivity index (χ3n) is 6.75. The number of benzene rings is 2. The first-order valence-corrected chi connectivity index (χ1v) is 19.3. The molecule has 0 aliphatic heterocycles. The molecule has 156 valence electrons. The number of para-hydroxylation sites is 1. The normalized spacial score (nSPS) is 12.0. The van der Waals surface area contributed by atoms with Crippen molar-refractivity contribution in [1.82, 2.24) is 4.57 Å². The van der Waals surface area contributed by atoms with Crippen molar-refractivity contribution in [2.45, 2.75) is 72.6 Å². The summed E-state index contributed by atoms with van der Waals surface area (Å²) in [5, 5.41) is 1.36. The predicted octanol–water partition coefficient (Wildman–Crippen LogP) is 7.90. The van der Waals surface area contributed by atoms with E-state index in [0.29, 0.717) is 0 Å². The summed E-state index contributed by atoms with van der Waals surface area (Å²) in [6, 6.07) is 20.8. The van der Waals surface area contributed by atoms with E-state index in [4.69, 9.17) is 0 Å². The van der Waals surface area contributed by atoms with Crippen LogP contribution in [-0.2, 0) is 7.05 Å². The molecule has 0 N–H and O–H groups in total. The van der Waals surface area contributed by atoms with Crippen molar-refractivity contribution in [3.05, 3.63) is 54.6 Å². The third-order valence-corrected chi connectivity index (χ3v) is 22.5. The fourth-order valence-electron chi connectivity index (χ4n) is 5.04. The maximum atomic E-state index is 2.53. The van der Waals surface area contributed by atoms with Crippen LogP contribution in [0.3, 0.4) is 0 Å². The van der Waals surface area contributed by atoms with E-state index in [1.165, 1.54) is 74.0 Å². The number of unbranched alkanes of at least 4 members (excludes halogenated alkanes) is 3. The van der Waals surface area contributed by atoms with E-state index in [1.54, 1.807) is 3.58 Å². The summed E-state index contributed by atoms with van der Waals surface area (Å²) in [6.45, 7) is 7.10. The van der Waals surface area contributed by atoms with Crippen LogP contribution in [0.5, 0.6) is 0 Å². The van der Waals surface area contributed by atoms with Gasteiger partial charge in [0.15, 0.2) is 0 Å². The van der Waals surface area contributed by atoms with Gasteiger partial charge in [-0.1, -0.05) is 0 Å². The van der Waals surface area contributed by atoms with Gasteiger partial charge in [-0.2, -0.15) is 0 Å². The molecule has 3 rings (SSSR count). The van der Waals surface area contributed by atoms with Gasteiger partial charge in [-0.15, -0.1) is 0 Å². The topological polar surface area (TPSA) is 4.93 Å². The Morgan fingerprint density at radius 2 is 1.28 bits per heavy atom. The van der Waals surface area contributed by atoms with Crippen molar-refractivity contribution in [1.29, 1.82) is 0 Å². The standard InChI is InChI=1S/C15H12N.3C4H9.Sn/c1-16-14-10-6-5-9-13(14)11-15(16)12-7-3-2-4-8-12;3*1-3-4-2;/h2-7,9-11H,1H3;3*1,3-4H2,2H3;. The number of hydrogen-bond donors (Lipinski definition) is 0. The van der Waals surface area contributed by atoms with Crippen molar-refractivity contribution in [3.8, 4) is 11.3 Å². The van der Waals surface area contributed by atoms with E-state index in [9.17, 15) is 0 Å². The zero-order valence-corrected chi connectivity index (χ0v) is 21.9. The number of fused-ring (bicyclic) bond motifs is 1. The van der Waals surface area contributed by atoms with E-state index in [0.717, 1.165) is 0 Å². The van der Waals surface area contributed by atoms with Crippen LogP contribution in [0.25, 0.3) is 22.2 Å². The number of rotatable bonds is 11. The van der Waals surface area contributed by atoms with Gasteiger partial charge in [-0.05, 0) is 0 Å². The van der Waals surface area contributed by atoms with E-state index in [1.807, 2.05) is 0 Å². The van der Waals surface area contributed by atoms with Crippen molar-refractivity contribution >= 4 is 32.9 Å². The summed E-state index contributed by atoms with van der Waals surface area (Å²) in [4.78, 5) is 0. The molecule has 0 aliphatic carbocycles. The van der Waals surface area contributed by atoms with Gasteiger partial charge in [-0.25, -0.2) is 0 Å². The van der Waals surface area contributed by atoms with Crippen LogP contribution in [-0.4, -0.2) is 22.9 Å². The van der Waals surface area contributed by atoms with E-state index in [2.05, 4.69) is 87.0 Å². The molecule has 2 aromatic carbocycles. The molecule has 0 aliphatic rings. The van der Waals surface area contributed by atoms with Crippen LogP contribution in [0.2, 0.25) is 13.3 Å². The van der Waals surface area contributed by atoms with Gasteiger partial charge in [0.2, 0.25) is 0 Å². The molecule has 1 nitrogen and oxygen atoms in total. The molecule has 0 atom stereocenters. The predicted molar refractivity (Wildman–Crippen MR) is 133 cm³/mol. The zero-order chi connectivity index (χ0) is 20.7. The Kier molecular flexibility index (Phi) is 8.29.